The highest BCUT2D eigenvalue weighted by Gasteiger charge is 2.41. The molecular weight excluding hydrogens is 1930 g/mol. The quantitative estimate of drug-likeness (QED) is 0.0216. The molecule has 808 valence electrons. The molecule has 0 saturated heterocycles. The number of carbonyl (C=O) groups excluding carboxylic acids is 21. The highest BCUT2D eigenvalue weighted by molar-refractivity contribution is 7.80. The molecule has 0 bridgehead atoms. The van der Waals surface area contributed by atoms with E-state index in [2.05, 4.69) is 121 Å². The van der Waals surface area contributed by atoms with Crippen LogP contribution in [-0.4, -0.2) is 314 Å². The summed E-state index contributed by atoms with van der Waals surface area (Å²) in [4.78, 5) is 316. The van der Waals surface area contributed by atoms with Crippen LogP contribution in [-0.2, 0) is 117 Å². The molecule has 53 nitrogen and oxygen atoms in total. The number of benzene rings is 1. The highest BCUT2D eigenvalue weighted by Crippen LogP contribution is 2.22. The van der Waals surface area contributed by atoms with Crippen LogP contribution in [0.5, 0.6) is 0 Å². The SMILES string of the molecule is CC(C)C[C@H](NC(=O)[C@H](CS)NC(=O)[C@H](CCC(N)=O)NC(=O)[C@H](CCCCN)NC(=O)[C@@H](NC(=O)[C@H](CC(C)C)NC(=O)[C@H](CC(C)C)NC(=O)[C@H](CC(=O)O)NC(=O)[C@H](Cc1c[nH]c2ccccc12)NC(=O)[C@H](CCCCN)NC(=O)CNC(=O)[C@H](CC(N)=O)NC(=O)[C@H](CS)NC(=O)[C@@H](NC(=O)[C@@H](N)CCCCN)[C@@H](C)O)[C@@H](C)O)C(=O)N[C@@H](CCC(N)=O)C(=O)N[C@@H](CCC(N)=O)C(=O)N[C@@H](C)C(=O)O. The van der Waals surface area contributed by atoms with Crippen molar-refractivity contribution in [2.45, 2.75) is 312 Å². The Bertz CT molecular complexity index is 4700. The first kappa shape index (κ1) is 127. The number of unbranched alkanes of at least 4 members (excludes halogenated alkanes) is 3. The van der Waals surface area contributed by atoms with E-state index in [1.165, 1.54) is 13.1 Å². The van der Waals surface area contributed by atoms with Crippen molar-refractivity contribution in [1.82, 2.24) is 95.4 Å². The molecule has 0 spiro atoms. The molecule has 1 heterocycles. The van der Waals surface area contributed by atoms with Gasteiger partial charge in [0.2, 0.25) is 124 Å². The molecule has 0 saturated carbocycles. The molecule has 0 unspecified atom stereocenters. The van der Waals surface area contributed by atoms with Gasteiger partial charge in [-0.15, -0.1) is 0 Å². The second-order valence-electron chi connectivity index (χ2n) is 36.2. The molecule has 0 aliphatic heterocycles. The minimum atomic E-state index is -2.06. The number of aliphatic hydroxyl groups excluding tert-OH is 2. The summed E-state index contributed by atoms with van der Waals surface area (Å²) in [6.07, 6.45) is -6.41. The average molecular weight is 2080 g/mol. The summed E-state index contributed by atoms with van der Waals surface area (Å²) < 4.78 is 0. The molecule has 38 N–H and O–H groups in total. The number of fused-ring (bicyclic) bond motifs is 1. The number of hydrogen-bond donors (Lipinski definition) is 32. The fourth-order valence-corrected chi connectivity index (χ4v) is 14.8. The Morgan fingerprint density at radius 2 is 0.653 bits per heavy atom. The number of rotatable bonds is 72. The zero-order chi connectivity index (χ0) is 109. The van der Waals surface area contributed by atoms with Crippen molar-refractivity contribution in [1.29, 1.82) is 0 Å². The predicted octanol–water partition coefficient (Wildman–Crippen LogP) is -9.69. The molecule has 21 amide bonds. The van der Waals surface area contributed by atoms with E-state index in [1.807, 2.05) is 0 Å². The first-order chi connectivity index (χ1) is 67.6. The minimum Gasteiger partial charge on any atom is -0.481 e. The molecule has 144 heavy (non-hydrogen) atoms. The number of carboxylic acid groups (broad SMARTS) is 2. The number of aliphatic carboxylic acids is 2. The average Bonchev–Trinajstić information content (AvgIpc) is 1.66. The van der Waals surface area contributed by atoms with Crippen LogP contribution in [0, 0.1) is 17.8 Å². The molecule has 0 radical (unpaired) electrons. The van der Waals surface area contributed by atoms with Crippen LogP contribution in [0.25, 0.3) is 10.9 Å². The van der Waals surface area contributed by atoms with Gasteiger partial charge in [-0.1, -0.05) is 66.2 Å². The zero-order valence-electron chi connectivity index (χ0n) is 82.4. The van der Waals surface area contributed by atoms with Gasteiger partial charge in [0.1, 0.15) is 96.7 Å². The van der Waals surface area contributed by atoms with Crippen LogP contribution >= 0.6 is 25.3 Å². The predicted molar refractivity (Wildman–Crippen MR) is 527 cm³/mol. The van der Waals surface area contributed by atoms with Gasteiger partial charge in [-0.05, 0) is 160 Å². The van der Waals surface area contributed by atoms with E-state index in [0.29, 0.717) is 35.9 Å². The van der Waals surface area contributed by atoms with E-state index in [0.717, 1.165) is 13.8 Å². The lowest BCUT2D eigenvalue weighted by molar-refractivity contribution is -0.142. The van der Waals surface area contributed by atoms with Gasteiger partial charge >= 0.3 is 11.9 Å². The van der Waals surface area contributed by atoms with Crippen molar-refractivity contribution in [3.05, 3.63) is 36.0 Å². The number of carbonyl (C=O) groups is 23. The van der Waals surface area contributed by atoms with Gasteiger partial charge in [0.15, 0.2) is 0 Å². The van der Waals surface area contributed by atoms with Gasteiger partial charge in [0.05, 0.1) is 37.6 Å². The molecule has 19 atom stereocenters. The second-order valence-corrected chi connectivity index (χ2v) is 36.9. The number of aromatic amines is 1. The Morgan fingerprint density at radius 3 is 1.03 bits per heavy atom. The summed E-state index contributed by atoms with van der Waals surface area (Å²) in [5.74, 6) is -28.1. The Morgan fingerprint density at radius 1 is 0.340 bits per heavy atom. The smallest absolute Gasteiger partial charge is 0.325 e. The summed E-state index contributed by atoms with van der Waals surface area (Å²) in [7, 11) is 0. The number of amides is 21. The number of H-pyrrole nitrogens is 1. The first-order valence-electron chi connectivity index (χ1n) is 47.3. The van der Waals surface area contributed by atoms with Crippen molar-refractivity contribution >= 4 is 172 Å². The lowest BCUT2D eigenvalue weighted by Gasteiger charge is -2.29. The van der Waals surface area contributed by atoms with Gasteiger partial charge in [-0.2, -0.15) is 25.3 Å². The van der Waals surface area contributed by atoms with Crippen LogP contribution in [0.4, 0.5) is 0 Å². The van der Waals surface area contributed by atoms with E-state index >= 15 is 0 Å². The number of carboxylic acids is 2. The Labute approximate surface area is 843 Å². The maximum absolute atomic E-state index is 15.0. The lowest BCUT2D eigenvalue weighted by atomic mass is 9.99. The summed E-state index contributed by atoms with van der Waals surface area (Å²) in [6, 6.07) is -21.5. The van der Waals surface area contributed by atoms with Crippen molar-refractivity contribution in [3.8, 4) is 0 Å². The minimum absolute atomic E-state index is 0.0638. The largest absolute Gasteiger partial charge is 0.481 e. The summed E-state index contributed by atoms with van der Waals surface area (Å²) in [5.41, 5.74) is 45.7. The molecule has 0 fully saturated rings. The maximum atomic E-state index is 15.0. The fourth-order valence-electron chi connectivity index (χ4n) is 14.3. The third kappa shape index (κ3) is 47.9. The lowest BCUT2D eigenvalue weighted by Crippen LogP contribution is -2.62. The second kappa shape index (κ2) is 66.1. The number of nitrogens with one attached hydrogen (secondary N) is 18. The van der Waals surface area contributed by atoms with Crippen molar-refractivity contribution < 1.29 is 131 Å². The van der Waals surface area contributed by atoms with E-state index in [1.54, 1.807) is 65.8 Å². The Balaban J connectivity index is 2.57. The van der Waals surface area contributed by atoms with Crippen molar-refractivity contribution in [2.75, 3.05) is 37.7 Å². The number of aliphatic hydroxyl groups is 2. The number of para-hydroxylation sites is 1. The first-order valence-corrected chi connectivity index (χ1v) is 48.6. The van der Waals surface area contributed by atoms with Gasteiger partial charge in [0, 0.05) is 54.3 Å². The Hall–Kier alpha value is -13.0. The van der Waals surface area contributed by atoms with Crippen LogP contribution in [0.1, 0.15) is 196 Å². The van der Waals surface area contributed by atoms with Crippen LogP contribution in [0.15, 0.2) is 30.5 Å². The fraction of sp³-hybridized carbons (Fsp3) is 0.652. The molecule has 0 aliphatic rings. The molecule has 1 aromatic heterocycles. The zero-order valence-corrected chi connectivity index (χ0v) is 84.2. The number of primary amides is 4. The molecule has 0 aliphatic carbocycles. The number of thiol groups is 2. The standard InChI is InChI=1S/C89H148N26O27S2/c1-42(2)32-57(80(132)104-55(24-27-66(95)119)78(130)102-54(23-26-65(94)118)75(127)100-45(7)89(141)142)108-85(137)63(40-143)112-79(131)56(25-28-67(96)120)103-77(129)53(22-14-17-31-92)105-87(139)72(47(9)117)115-84(136)59(34-44(5)6)107-81(133)58(33-43(3)4)106-83(135)62(37-70(123)124)111-82(134)60(35-48-38-98-51-20-11-10-18-49(48)51)109-76(128)52(21-13-16-30-91)101-69(122)39-99-74(126)61(36-68(97)121)110-86(138)64(41-144)113-88(140)71(46(8)116)114-73(125)50(93)19-12-15-29-90/h10-11,18,20,38,42-47,50,52-64,71-72,98,116-117,143-144H,12-17,19,21-37,39-41,90-93H2,1-9H3,(H2,94,118)(H2,95,119)(H2,96,120)(H2,97,121)(H,99,126)(H,100,127)(H,101,122)(H,102,130)(H,103,129)(H,104,132)(H,105,139)(H,106,135)(H,107,133)(H,108,137)(H,109,128)(H,110,138)(H,111,134)(H,112,131)(H,113,140)(H,114,125)(H,115,136)(H,123,124)(H,141,142)/t45-,46+,47+,50-,52-,53-,54-,55-,56-,57-,58-,59-,60-,61-,62-,63-,64-,71-,72-/m0/s1. The monoisotopic (exact) mass is 2080 g/mol. The van der Waals surface area contributed by atoms with E-state index in [-0.39, 0.29) is 77.3 Å². The molecule has 55 heteroatoms. The van der Waals surface area contributed by atoms with E-state index in [4.69, 9.17) is 45.9 Å². The maximum Gasteiger partial charge on any atom is 0.325 e. The molecular formula is C89H148N26O27S2. The van der Waals surface area contributed by atoms with Crippen LogP contribution in [0.3, 0.4) is 0 Å². The summed E-state index contributed by atoms with van der Waals surface area (Å²) >= 11 is 8.38. The Kier molecular flexibility index (Phi) is 58.3. The number of aromatic nitrogens is 1. The third-order valence-electron chi connectivity index (χ3n) is 22.1. The normalized spacial score (nSPS) is 15.2. The summed E-state index contributed by atoms with van der Waals surface area (Å²) in [6.45, 7) is 12.8. The van der Waals surface area contributed by atoms with Gasteiger partial charge in [-0.25, -0.2) is 0 Å². The summed E-state index contributed by atoms with van der Waals surface area (Å²) in [5, 5.41) is 82.6. The number of hydrogen-bond acceptors (Lipinski definition) is 31. The van der Waals surface area contributed by atoms with Crippen molar-refractivity contribution in [2.24, 2.45) is 63.6 Å². The van der Waals surface area contributed by atoms with Crippen LogP contribution < -0.4 is 136 Å². The van der Waals surface area contributed by atoms with E-state index < -0.39 is 345 Å². The topological polar surface area (TPSA) is 902 Å². The molecule has 2 rings (SSSR count). The third-order valence-corrected chi connectivity index (χ3v) is 22.9. The van der Waals surface area contributed by atoms with Gasteiger partial charge in [0.25, 0.3) is 0 Å². The molecule has 1 aromatic carbocycles. The number of nitrogens with two attached hydrogens (primary N) is 8. The van der Waals surface area contributed by atoms with Crippen LogP contribution in [0.2, 0.25) is 0 Å². The highest BCUT2D eigenvalue weighted by atomic mass is 32.1. The van der Waals surface area contributed by atoms with E-state index in [9.17, 15) is 131 Å². The van der Waals surface area contributed by atoms with Crippen molar-refractivity contribution in [3.63, 3.8) is 0 Å². The molecule has 2 aromatic rings. The van der Waals surface area contributed by atoms with Gasteiger partial charge < -0.3 is 162 Å². The van der Waals surface area contributed by atoms with Gasteiger partial charge in [-0.3, -0.25) is 110 Å².